The van der Waals surface area contributed by atoms with Gasteiger partial charge in [-0.2, -0.15) is 5.26 Å². The minimum atomic E-state index is -0.586. The SMILES string of the molecule is CCC1(c2cccs2)NCC(=O)Oc2ccc(-c3cc(F)cc(C#N)c3)cc21. The second-order valence-electron chi connectivity index (χ2n) is 6.62. The van der Waals surface area contributed by atoms with Crippen LogP contribution in [0.3, 0.4) is 0 Å². The molecular formula is C22H17FN2O2S. The highest BCUT2D eigenvalue weighted by molar-refractivity contribution is 7.10. The van der Waals surface area contributed by atoms with E-state index in [0.29, 0.717) is 17.7 Å². The molecule has 3 aromatic rings. The van der Waals surface area contributed by atoms with E-state index in [1.54, 1.807) is 29.5 Å². The van der Waals surface area contributed by atoms with Crippen LogP contribution in [0, 0.1) is 17.1 Å². The maximum atomic E-state index is 14.0. The fourth-order valence-corrected chi connectivity index (χ4v) is 4.65. The van der Waals surface area contributed by atoms with Crippen LogP contribution in [0.15, 0.2) is 53.9 Å². The number of esters is 1. The highest BCUT2D eigenvalue weighted by Crippen LogP contribution is 2.43. The Balaban J connectivity index is 1.94. The average molecular weight is 392 g/mol. The van der Waals surface area contributed by atoms with Crippen molar-refractivity contribution in [3.8, 4) is 22.9 Å². The largest absolute Gasteiger partial charge is 0.425 e. The predicted molar refractivity (Wildman–Crippen MR) is 106 cm³/mol. The van der Waals surface area contributed by atoms with Crippen LogP contribution in [0.4, 0.5) is 4.39 Å². The van der Waals surface area contributed by atoms with Crippen LogP contribution in [0.1, 0.15) is 29.3 Å². The first-order valence-corrected chi connectivity index (χ1v) is 9.79. The third-order valence-corrected chi connectivity index (χ3v) is 6.06. The third-order valence-electron chi connectivity index (χ3n) is 5.03. The lowest BCUT2D eigenvalue weighted by Crippen LogP contribution is -2.43. The molecule has 0 spiro atoms. The first-order valence-electron chi connectivity index (χ1n) is 8.91. The van der Waals surface area contributed by atoms with Crippen LogP contribution in [-0.2, 0) is 10.3 Å². The van der Waals surface area contributed by atoms with Crippen molar-refractivity contribution in [3.63, 3.8) is 0 Å². The molecular weight excluding hydrogens is 375 g/mol. The summed E-state index contributed by atoms with van der Waals surface area (Å²) in [5, 5.41) is 14.5. The molecule has 0 amide bonds. The zero-order chi connectivity index (χ0) is 19.7. The number of carbonyl (C=O) groups is 1. The molecule has 28 heavy (non-hydrogen) atoms. The minimum Gasteiger partial charge on any atom is -0.425 e. The maximum Gasteiger partial charge on any atom is 0.325 e. The van der Waals surface area contributed by atoms with Crippen molar-refractivity contribution in [2.45, 2.75) is 18.9 Å². The molecule has 2 heterocycles. The highest BCUT2D eigenvalue weighted by Gasteiger charge is 2.39. The van der Waals surface area contributed by atoms with Gasteiger partial charge in [-0.25, -0.2) is 4.39 Å². The van der Waals surface area contributed by atoms with E-state index in [0.717, 1.165) is 16.0 Å². The molecule has 0 radical (unpaired) electrons. The Hall–Kier alpha value is -3.01. The van der Waals surface area contributed by atoms with Gasteiger partial charge in [0.25, 0.3) is 0 Å². The van der Waals surface area contributed by atoms with Crippen molar-refractivity contribution in [1.82, 2.24) is 5.32 Å². The lowest BCUT2D eigenvalue weighted by Gasteiger charge is -2.32. The van der Waals surface area contributed by atoms with Gasteiger partial charge in [0, 0.05) is 10.4 Å². The zero-order valence-electron chi connectivity index (χ0n) is 15.2. The summed E-state index contributed by atoms with van der Waals surface area (Å²) >= 11 is 1.60. The smallest absolute Gasteiger partial charge is 0.325 e. The van der Waals surface area contributed by atoms with Crippen LogP contribution in [0.25, 0.3) is 11.1 Å². The number of rotatable bonds is 3. The van der Waals surface area contributed by atoms with Crippen LogP contribution in [-0.4, -0.2) is 12.5 Å². The lowest BCUT2D eigenvalue weighted by molar-refractivity contribution is -0.133. The van der Waals surface area contributed by atoms with E-state index in [1.165, 1.54) is 12.1 Å². The number of ether oxygens (including phenoxy) is 1. The topological polar surface area (TPSA) is 62.1 Å². The molecule has 0 saturated heterocycles. The summed E-state index contributed by atoms with van der Waals surface area (Å²) in [6.45, 7) is 2.14. The number of nitrogens with zero attached hydrogens (tertiary/aromatic N) is 1. The number of fused-ring (bicyclic) bond motifs is 1. The van der Waals surface area contributed by atoms with Gasteiger partial charge >= 0.3 is 5.97 Å². The fourth-order valence-electron chi connectivity index (χ4n) is 3.66. The Morgan fingerprint density at radius 1 is 1.25 bits per heavy atom. The summed E-state index contributed by atoms with van der Waals surface area (Å²) in [6, 6.07) is 15.7. The number of halogens is 1. The lowest BCUT2D eigenvalue weighted by atomic mass is 9.83. The van der Waals surface area contributed by atoms with E-state index in [9.17, 15) is 9.18 Å². The Bertz CT molecular complexity index is 1090. The Morgan fingerprint density at radius 2 is 2.11 bits per heavy atom. The predicted octanol–water partition coefficient (Wildman–Crippen LogP) is 4.59. The molecule has 4 rings (SSSR count). The van der Waals surface area contributed by atoms with E-state index < -0.39 is 11.4 Å². The maximum absolute atomic E-state index is 14.0. The molecule has 1 aliphatic rings. The third kappa shape index (κ3) is 3.09. The highest BCUT2D eigenvalue weighted by atomic mass is 32.1. The molecule has 6 heteroatoms. The fraction of sp³-hybridized carbons (Fsp3) is 0.182. The molecule has 0 fully saturated rings. The molecule has 1 aliphatic heterocycles. The van der Waals surface area contributed by atoms with E-state index in [2.05, 4.69) is 12.2 Å². The van der Waals surface area contributed by atoms with Crippen LogP contribution in [0.5, 0.6) is 5.75 Å². The van der Waals surface area contributed by atoms with Crippen LogP contribution < -0.4 is 10.1 Å². The van der Waals surface area contributed by atoms with E-state index in [-0.39, 0.29) is 18.1 Å². The molecule has 1 unspecified atom stereocenters. The number of thiophene rings is 1. The van der Waals surface area contributed by atoms with Gasteiger partial charge in [-0.3, -0.25) is 10.1 Å². The van der Waals surface area contributed by atoms with Gasteiger partial charge in [0.2, 0.25) is 0 Å². The molecule has 1 atom stereocenters. The Kier molecular flexibility index (Phi) is 4.71. The second kappa shape index (κ2) is 7.19. The molecule has 0 saturated carbocycles. The van der Waals surface area contributed by atoms with Gasteiger partial charge in [-0.1, -0.05) is 19.1 Å². The zero-order valence-corrected chi connectivity index (χ0v) is 16.0. The molecule has 4 nitrogen and oxygen atoms in total. The average Bonchev–Trinajstić information content (AvgIpc) is 3.20. The summed E-state index contributed by atoms with van der Waals surface area (Å²) in [6.07, 6.45) is 0.702. The van der Waals surface area contributed by atoms with Crippen molar-refractivity contribution in [3.05, 3.63) is 75.7 Å². The van der Waals surface area contributed by atoms with Crippen molar-refractivity contribution in [2.24, 2.45) is 0 Å². The minimum absolute atomic E-state index is 0.0916. The van der Waals surface area contributed by atoms with Gasteiger partial charge in [0.1, 0.15) is 11.6 Å². The summed E-state index contributed by atoms with van der Waals surface area (Å²) in [7, 11) is 0. The Morgan fingerprint density at radius 3 is 2.82 bits per heavy atom. The first-order chi connectivity index (χ1) is 13.6. The van der Waals surface area contributed by atoms with Gasteiger partial charge in [0.15, 0.2) is 0 Å². The van der Waals surface area contributed by atoms with E-state index >= 15 is 0 Å². The molecule has 1 aromatic heterocycles. The standard InChI is InChI=1S/C22H17FN2O2S/c1-2-22(20-4-3-7-28-20)18-11-15(5-6-19(18)27-21(26)13-25-22)16-8-14(12-24)9-17(23)10-16/h3-11,25H,2,13H2,1H3. The normalized spacial score (nSPS) is 18.7. The van der Waals surface area contributed by atoms with E-state index in [4.69, 9.17) is 10.00 Å². The van der Waals surface area contributed by atoms with Crippen molar-refractivity contribution >= 4 is 17.3 Å². The van der Waals surface area contributed by atoms with Crippen LogP contribution >= 0.6 is 11.3 Å². The van der Waals surface area contributed by atoms with Crippen molar-refractivity contribution in [2.75, 3.05) is 6.54 Å². The van der Waals surface area contributed by atoms with Crippen molar-refractivity contribution in [1.29, 1.82) is 5.26 Å². The van der Waals surface area contributed by atoms with E-state index in [1.807, 2.05) is 29.6 Å². The van der Waals surface area contributed by atoms with Gasteiger partial charge in [-0.05, 0) is 59.3 Å². The molecule has 140 valence electrons. The molecule has 1 N–H and O–H groups in total. The number of carbonyl (C=O) groups excluding carboxylic acids is 1. The summed E-state index contributed by atoms with van der Waals surface area (Å²) < 4.78 is 19.5. The monoisotopic (exact) mass is 392 g/mol. The first kappa shape index (κ1) is 18.4. The summed E-state index contributed by atoms with van der Waals surface area (Å²) in [5.41, 5.74) is 1.85. The molecule has 2 aromatic carbocycles. The van der Waals surface area contributed by atoms with Gasteiger partial charge < -0.3 is 4.74 Å². The van der Waals surface area contributed by atoms with Crippen molar-refractivity contribution < 1.29 is 13.9 Å². The van der Waals surface area contributed by atoms with Gasteiger partial charge in [0.05, 0.1) is 23.7 Å². The Labute approximate surface area is 166 Å². The number of hydrogen-bond donors (Lipinski definition) is 1. The molecule has 0 bridgehead atoms. The second-order valence-corrected chi connectivity index (χ2v) is 7.56. The number of nitriles is 1. The van der Waals surface area contributed by atoms with Gasteiger partial charge in [-0.15, -0.1) is 11.3 Å². The quantitative estimate of drug-likeness (QED) is 0.523. The number of nitrogens with one attached hydrogen (secondary N) is 1. The number of hydrogen-bond acceptors (Lipinski definition) is 5. The summed E-state index contributed by atoms with van der Waals surface area (Å²) in [5.74, 6) is -0.321. The number of benzene rings is 2. The molecule has 0 aliphatic carbocycles. The summed E-state index contributed by atoms with van der Waals surface area (Å²) in [4.78, 5) is 13.2. The van der Waals surface area contributed by atoms with Crippen LogP contribution in [0.2, 0.25) is 0 Å².